The number of nitrogens with two attached hydrogens (primary N) is 1. The molecule has 2 heterocycles. The van der Waals surface area contributed by atoms with Gasteiger partial charge in [-0.25, -0.2) is 0 Å². The molecule has 0 aromatic heterocycles. The first-order valence-electron chi connectivity index (χ1n) is 10.6. The quantitative estimate of drug-likeness (QED) is 0.0726. The van der Waals surface area contributed by atoms with Gasteiger partial charge >= 0.3 is 71.1 Å². The normalized spacial score (nSPS) is 21.1. The zero-order chi connectivity index (χ0) is 27.5. The second kappa shape index (κ2) is 14.6. The summed E-state index contributed by atoms with van der Waals surface area (Å²) in [5.41, 5.74) is 2.54. The van der Waals surface area contributed by atoms with Crippen molar-refractivity contribution in [1.82, 2.24) is 10.2 Å². The van der Waals surface area contributed by atoms with E-state index in [1.165, 1.54) is 24.3 Å². The molecule has 1 fully saturated rings. The molecule has 0 radical (unpaired) electrons. The monoisotopic (exact) mass is 581 g/mol. The number of hydrogen-bond acceptors (Lipinski definition) is 12. The molecule has 2 unspecified atom stereocenters. The van der Waals surface area contributed by atoms with E-state index in [4.69, 9.17) is 20.3 Å². The molecular formula is C22H21N3Na2O11S. The number of aliphatic carboxylic acids is 3. The number of fused-ring (bicyclic) bond motifs is 1. The van der Waals surface area contributed by atoms with Crippen molar-refractivity contribution in [2.75, 3.05) is 19.0 Å². The molecule has 0 saturated carbocycles. The van der Waals surface area contributed by atoms with Crippen LogP contribution in [0, 0.1) is 0 Å². The van der Waals surface area contributed by atoms with Crippen molar-refractivity contribution in [3.8, 4) is 0 Å². The molecule has 4 N–H and O–H groups in total. The fourth-order valence-corrected chi connectivity index (χ4v) is 5.14. The molecule has 1 saturated heterocycles. The number of esters is 1. The van der Waals surface area contributed by atoms with Gasteiger partial charge in [-0.1, -0.05) is 30.3 Å². The molecule has 17 heteroatoms. The van der Waals surface area contributed by atoms with Crippen molar-refractivity contribution in [1.29, 1.82) is 0 Å². The molecule has 0 bridgehead atoms. The van der Waals surface area contributed by atoms with Crippen LogP contribution in [0.1, 0.15) is 18.4 Å². The van der Waals surface area contributed by atoms with Crippen molar-refractivity contribution in [3.05, 3.63) is 47.2 Å². The van der Waals surface area contributed by atoms with Crippen LogP contribution in [0.25, 0.3) is 0 Å². The molecule has 39 heavy (non-hydrogen) atoms. The molecule has 14 nitrogen and oxygen atoms in total. The molecule has 0 spiro atoms. The number of carbonyl (C=O) groups excluding carboxylic acids is 5. The van der Waals surface area contributed by atoms with Gasteiger partial charge in [0.2, 0.25) is 5.91 Å². The predicted molar refractivity (Wildman–Crippen MR) is 118 cm³/mol. The summed E-state index contributed by atoms with van der Waals surface area (Å²) >= 11 is 0.896. The van der Waals surface area contributed by atoms with Crippen molar-refractivity contribution in [2.45, 2.75) is 30.0 Å². The molecule has 2 aliphatic heterocycles. The Morgan fingerprint density at radius 1 is 1.21 bits per heavy atom. The van der Waals surface area contributed by atoms with Gasteiger partial charge in [-0.05, 0) is 5.56 Å². The number of carboxylic acids is 3. The molecule has 2 amide bonds. The minimum atomic E-state index is -2.37. The van der Waals surface area contributed by atoms with Crippen LogP contribution in [-0.2, 0) is 38.2 Å². The fraction of sp³-hybridized carbons (Fsp3) is 0.364. The van der Waals surface area contributed by atoms with Crippen LogP contribution in [-0.4, -0.2) is 81.8 Å². The van der Waals surface area contributed by atoms with Crippen molar-refractivity contribution >= 4 is 47.5 Å². The SMILES string of the molecule is CC(=O)OCC1=C(C(=O)[O-])N2C(=O)[C@](NC(=O)C(C(=O)[O-])c3ccccc3)(OCC(N)C(=O)O)[C@H]2SC1.[Na+].[Na+]. The number of carboxylic acid groups (broad SMARTS) is 3. The van der Waals surface area contributed by atoms with Gasteiger partial charge < -0.3 is 45.4 Å². The second-order valence-electron chi connectivity index (χ2n) is 8.00. The van der Waals surface area contributed by atoms with E-state index >= 15 is 0 Å². The van der Waals surface area contributed by atoms with E-state index < -0.39 is 77.7 Å². The summed E-state index contributed by atoms with van der Waals surface area (Å²) in [5.74, 6) is -10.1. The molecular weight excluding hydrogens is 560 g/mol. The summed E-state index contributed by atoms with van der Waals surface area (Å²) in [7, 11) is 0. The average molecular weight is 581 g/mol. The number of β-lactam (4-membered cyclic amide) rings is 1. The number of nitrogens with one attached hydrogen (secondary N) is 1. The van der Waals surface area contributed by atoms with Crippen LogP contribution in [0.2, 0.25) is 0 Å². The largest absolute Gasteiger partial charge is 1.00 e. The first kappa shape index (κ1) is 35.1. The first-order chi connectivity index (χ1) is 17.4. The molecule has 2 aliphatic rings. The van der Waals surface area contributed by atoms with Crippen LogP contribution in [0.4, 0.5) is 0 Å². The summed E-state index contributed by atoms with van der Waals surface area (Å²) in [5, 5.41) is 33.7. The van der Waals surface area contributed by atoms with E-state index in [9.17, 15) is 39.0 Å². The van der Waals surface area contributed by atoms with Crippen LogP contribution in [0.5, 0.6) is 0 Å². The van der Waals surface area contributed by atoms with E-state index in [0.717, 1.165) is 23.6 Å². The Labute approximate surface area is 270 Å². The Balaban J connectivity index is 0.00000380. The molecule has 3 rings (SSSR count). The summed E-state index contributed by atoms with van der Waals surface area (Å²) < 4.78 is 10.3. The standard InChI is InChI=1S/C22H23N3O11S.2Na/c1-10(26)35-7-12-9-37-21-22(36-8-13(23)17(28)29,20(34)25(21)15(12)19(32)33)24-16(27)14(18(30)31)11-5-3-2-4-6-11;;/h2-6,13-14,21H,7-9,23H2,1H3,(H,24,27)(H,28,29)(H,30,31)(H,32,33);;/q;2*+1/p-2/t13?,14?,21-,22+;;/m1../s1. The van der Waals surface area contributed by atoms with Crippen LogP contribution in [0.15, 0.2) is 41.6 Å². The third-order valence-electron chi connectivity index (χ3n) is 5.50. The molecule has 4 atom stereocenters. The van der Waals surface area contributed by atoms with Crippen molar-refractivity contribution in [3.63, 3.8) is 0 Å². The maximum absolute atomic E-state index is 13.4. The third kappa shape index (κ3) is 7.42. The number of nitrogens with zero attached hydrogens (tertiary/aromatic N) is 1. The van der Waals surface area contributed by atoms with Gasteiger partial charge in [-0.15, -0.1) is 11.8 Å². The van der Waals surface area contributed by atoms with E-state index in [1.54, 1.807) is 6.07 Å². The second-order valence-corrected chi connectivity index (χ2v) is 9.07. The third-order valence-corrected chi connectivity index (χ3v) is 6.87. The molecule has 1 aromatic rings. The van der Waals surface area contributed by atoms with Crippen molar-refractivity contribution in [2.24, 2.45) is 5.73 Å². The van der Waals surface area contributed by atoms with Gasteiger partial charge in [0.25, 0.3) is 11.6 Å². The van der Waals surface area contributed by atoms with Gasteiger partial charge in [-0.2, -0.15) is 0 Å². The Bertz CT molecular complexity index is 1180. The van der Waals surface area contributed by atoms with Crippen LogP contribution < -0.4 is 80.4 Å². The maximum Gasteiger partial charge on any atom is 1.00 e. The number of carbonyl (C=O) groups is 6. The zero-order valence-corrected chi connectivity index (χ0v) is 26.0. The predicted octanol–water partition coefficient (Wildman–Crippen LogP) is -9.75. The number of rotatable bonds is 11. The molecule has 198 valence electrons. The van der Waals surface area contributed by atoms with Gasteiger partial charge in [0.05, 0.1) is 24.2 Å². The van der Waals surface area contributed by atoms with E-state index in [1.807, 2.05) is 0 Å². The topological polar surface area (TPSA) is 229 Å². The smallest absolute Gasteiger partial charge is 0.549 e. The number of amides is 2. The Morgan fingerprint density at radius 3 is 2.33 bits per heavy atom. The fourth-order valence-electron chi connectivity index (χ4n) is 3.75. The van der Waals surface area contributed by atoms with E-state index in [2.05, 4.69) is 5.32 Å². The van der Waals surface area contributed by atoms with Gasteiger partial charge in [0.15, 0.2) is 0 Å². The van der Waals surface area contributed by atoms with Gasteiger partial charge in [0.1, 0.15) is 23.9 Å². The molecule has 1 aromatic carbocycles. The number of ether oxygens (including phenoxy) is 2. The van der Waals surface area contributed by atoms with Gasteiger partial charge in [0, 0.05) is 18.2 Å². The summed E-state index contributed by atoms with van der Waals surface area (Å²) in [6, 6.07) is 5.59. The van der Waals surface area contributed by atoms with E-state index in [0.29, 0.717) is 0 Å². The number of thioether (sulfide) groups is 1. The summed E-state index contributed by atoms with van der Waals surface area (Å²) in [4.78, 5) is 73.3. The minimum absolute atomic E-state index is 0. The van der Waals surface area contributed by atoms with Crippen LogP contribution in [0.3, 0.4) is 0 Å². The molecule has 0 aliphatic carbocycles. The Kier molecular flexibility index (Phi) is 13.1. The minimum Gasteiger partial charge on any atom is -0.549 e. The Hall–Kier alpha value is -1.95. The number of benzene rings is 1. The summed E-state index contributed by atoms with van der Waals surface area (Å²) in [6.45, 7) is -0.140. The number of hydrogen-bond donors (Lipinski definition) is 3. The zero-order valence-electron chi connectivity index (χ0n) is 21.2. The average Bonchev–Trinajstić information content (AvgIpc) is 2.84. The van der Waals surface area contributed by atoms with E-state index in [-0.39, 0.29) is 76.0 Å². The van der Waals surface area contributed by atoms with Crippen LogP contribution >= 0.6 is 11.8 Å². The Morgan fingerprint density at radius 2 is 1.82 bits per heavy atom. The van der Waals surface area contributed by atoms with Crippen molar-refractivity contribution < 1.29 is 113 Å². The summed E-state index contributed by atoms with van der Waals surface area (Å²) in [6.07, 6.45) is 0. The maximum atomic E-state index is 13.4. The van der Waals surface area contributed by atoms with Gasteiger partial charge in [-0.3, -0.25) is 24.1 Å². The first-order valence-corrected chi connectivity index (χ1v) is 11.7.